The Bertz CT molecular complexity index is 1710. The second-order valence-corrected chi connectivity index (χ2v) is 7.89. The minimum atomic E-state index is -1.29. The van der Waals surface area contributed by atoms with Crippen LogP contribution in [0, 0.1) is 24.7 Å². The highest BCUT2D eigenvalue weighted by molar-refractivity contribution is 6.16. The molecule has 3 N–H and O–H groups in total. The van der Waals surface area contributed by atoms with Gasteiger partial charge in [-0.2, -0.15) is 0 Å². The average molecular weight is 502 g/mol. The predicted octanol–water partition coefficient (Wildman–Crippen LogP) is 4.54. The van der Waals surface area contributed by atoms with Crippen molar-refractivity contribution in [3.8, 4) is 30.4 Å². The minimum absolute atomic E-state index is 0.00577. The van der Waals surface area contributed by atoms with Gasteiger partial charge in [0.15, 0.2) is 0 Å². The maximum Gasteiger partial charge on any atom is 0.336 e. The summed E-state index contributed by atoms with van der Waals surface area (Å²) in [6.07, 6.45) is 10.7. The molecular weight excluding hydrogens is 484 g/mol. The Morgan fingerprint density at radius 3 is 1.79 bits per heavy atom. The van der Waals surface area contributed by atoms with Crippen LogP contribution in [-0.2, 0) is 4.79 Å². The highest BCUT2D eigenvalue weighted by atomic mass is 16.5. The second-order valence-electron chi connectivity index (χ2n) is 7.89. The molecule has 8 heteroatoms. The number of nitrogens with one attached hydrogen (secondary N) is 2. The van der Waals surface area contributed by atoms with Crippen molar-refractivity contribution in [1.29, 1.82) is 0 Å². The number of hydrogen-bond acceptors (Lipinski definition) is 5. The molecule has 0 aliphatic carbocycles. The van der Waals surface area contributed by atoms with E-state index in [2.05, 4.69) is 22.5 Å². The zero-order valence-electron chi connectivity index (χ0n) is 19.6. The molecule has 0 fully saturated rings. The van der Waals surface area contributed by atoms with Gasteiger partial charge in [-0.3, -0.25) is 14.4 Å². The Labute approximate surface area is 217 Å². The number of carboxylic acids is 1. The van der Waals surface area contributed by atoms with E-state index in [9.17, 15) is 24.3 Å². The molecule has 38 heavy (non-hydrogen) atoms. The third-order valence-electron chi connectivity index (χ3n) is 5.65. The lowest BCUT2D eigenvalue weighted by Crippen LogP contribution is -2.17. The van der Waals surface area contributed by atoms with Crippen molar-refractivity contribution in [3.05, 3.63) is 101 Å². The zero-order chi connectivity index (χ0) is 27.2. The topological polar surface area (TPSA) is 122 Å². The number of carbonyl (C=O) groups excluding carboxylic acids is 3. The quantitative estimate of drug-likeness (QED) is 0.252. The first kappa shape index (κ1) is 25.2. The van der Waals surface area contributed by atoms with Crippen molar-refractivity contribution in [1.82, 2.24) is 0 Å². The van der Waals surface area contributed by atoms with Crippen molar-refractivity contribution in [3.63, 3.8) is 0 Å². The lowest BCUT2D eigenvalue weighted by molar-refractivity contribution is -0.120. The molecule has 0 heterocycles. The van der Waals surface area contributed by atoms with Gasteiger partial charge >= 0.3 is 5.97 Å². The van der Waals surface area contributed by atoms with Gasteiger partial charge in [0.05, 0.1) is 16.7 Å². The maximum atomic E-state index is 13.1. The van der Waals surface area contributed by atoms with Gasteiger partial charge in [0.25, 0.3) is 18.3 Å². The normalized spacial score (nSPS) is 10.1. The number of anilines is 2. The Hall–Kier alpha value is -5.86. The van der Waals surface area contributed by atoms with Crippen molar-refractivity contribution in [2.24, 2.45) is 0 Å². The number of benzene rings is 4. The first-order chi connectivity index (χ1) is 18.4. The molecule has 0 spiro atoms. The fourth-order valence-corrected chi connectivity index (χ4v) is 3.87. The third kappa shape index (κ3) is 5.06. The van der Waals surface area contributed by atoms with Gasteiger partial charge in [0, 0.05) is 33.3 Å². The van der Waals surface area contributed by atoms with E-state index >= 15 is 0 Å². The van der Waals surface area contributed by atoms with E-state index in [1.807, 2.05) is 0 Å². The van der Waals surface area contributed by atoms with Crippen molar-refractivity contribution in [2.75, 3.05) is 10.6 Å². The zero-order valence-corrected chi connectivity index (χ0v) is 19.6. The van der Waals surface area contributed by atoms with Gasteiger partial charge in [-0.15, -0.1) is 12.8 Å². The van der Waals surface area contributed by atoms with Crippen LogP contribution in [0.3, 0.4) is 0 Å². The van der Waals surface area contributed by atoms with E-state index in [0.717, 1.165) is 0 Å². The van der Waals surface area contributed by atoms with Gasteiger partial charge in [0.2, 0.25) is 0 Å². The molecule has 2 amide bonds. The Morgan fingerprint density at radius 2 is 1.26 bits per heavy atom. The van der Waals surface area contributed by atoms with Gasteiger partial charge < -0.3 is 20.5 Å². The lowest BCUT2D eigenvalue weighted by atomic mass is 10.0. The Kier molecular flexibility index (Phi) is 7.18. The third-order valence-corrected chi connectivity index (χ3v) is 5.65. The summed E-state index contributed by atoms with van der Waals surface area (Å²) in [5, 5.41) is 16.3. The average Bonchev–Trinajstić information content (AvgIpc) is 2.93. The monoisotopic (exact) mass is 502 g/mol. The molecule has 0 saturated carbocycles. The summed E-state index contributed by atoms with van der Waals surface area (Å²) < 4.78 is 4.93. The molecule has 8 nitrogen and oxygen atoms in total. The summed E-state index contributed by atoms with van der Waals surface area (Å²) in [7, 11) is 0. The van der Waals surface area contributed by atoms with E-state index in [4.69, 9.17) is 17.6 Å². The van der Waals surface area contributed by atoms with Crippen LogP contribution >= 0.6 is 0 Å². The first-order valence-electron chi connectivity index (χ1n) is 11.1. The van der Waals surface area contributed by atoms with Crippen LogP contribution in [0.1, 0.15) is 42.2 Å². The van der Waals surface area contributed by atoms with Crippen molar-refractivity contribution in [2.45, 2.75) is 0 Å². The number of ether oxygens (including phenoxy) is 1. The van der Waals surface area contributed by atoms with Gasteiger partial charge in [-0.05, 0) is 48.5 Å². The molecule has 0 saturated heterocycles. The van der Waals surface area contributed by atoms with E-state index in [1.54, 1.807) is 42.5 Å². The standard InChI is InChI=1S/C30H18N2O6/c1-3-18-11-13-22(24(15-18)30(36)37)28(34)31-25-9-5-8-21-20(25)7-6-10-26(21)32-29(35)23-14-12-19(4-2)16-27(23)38-17-33/h1-2,5-17H,(H,31,34)(H,32,35)(H,36,37). The summed E-state index contributed by atoms with van der Waals surface area (Å²) in [5.41, 5.74) is 1.39. The molecule has 0 aromatic heterocycles. The number of rotatable bonds is 7. The number of carboxylic acid groups (broad SMARTS) is 1. The first-order valence-corrected chi connectivity index (χ1v) is 11.1. The second kappa shape index (κ2) is 10.8. The molecular formula is C30H18N2O6. The van der Waals surface area contributed by atoms with Crippen LogP contribution in [0.4, 0.5) is 11.4 Å². The lowest BCUT2D eigenvalue weighted by Gasteiger charge is -2.14. The number of carbonyl (C=O) groups is 4. The summed E-state index contributed by atoms with van der Waals surface area (Å²) in [6, 6.07) is 18.7. The molecule has 0 atom stereocenters. The molecule has 4 rings (SSSR count). The fourth-order valence-electron chi connectivity index (χ4n) is 3.87. The SMILES string of the molecule is C#Cc1ccc(C(=O)Nc2cccc3c(NC(=O)c4ccc(C#C)cc4C(=O)O)cccc23)c(OC=O)c1. The number of amides is 2. The number of aromatic carboxylic acids is 1. The van der Waals surface area contributed by atoms with Gasteiger partial charge in [-0.25, -0.2) is 4.79 Å². The Morgan fingerprint density at radius 1 is 0.737 bits per heavy atom. The summed E-state index contributed by atoms with van der Waals surface area (Å²) in [5.74, 6) is 2.29. The summed E-state index contributed by atoms with van der Waals surface area (Å²) >= 11 is 0. The number of hydrogen-bond donors (Lipinski definition) is 3. The van der Waals surface area contributed by atoms with Crippen LogP contribution < -0.4 is 15.4 Å². The smallest absolute Gasteiger partial charge is 0.336 e. The predicted molar refractivity (Wildman–Crippen MR) is 142 cm³/mol. The van der Waals surface area contributed by atoms with Crippen LogP contribution in [0.2, 0.25) is 0 Å². The van der Waals surface area contributed by atoms with Crippen LogP contribution in [0.5, 0.6) is 5.75 Å². The van der Waals surface area contributed by atoms with Crippen LogP contribution in [0.15, 0.2) is 72.8 Å². The molecule has 184 valence electrons. The minimum Gasteiger partial charge on any atom is -0.478 e. The van der Waals surface area contributed by atoms with Gasteiger partial charge in [-0.1, -0.05) is 36.1 Å². The molecule has 0 radical (unpaired) electrons. The molecule has 0 bridgehead atoms. The fraction of sp³-hybridized carbons (Fsp3) is 0. The molecule has 0 aliphatic rings. The van der Waals surface area contributed by atoms with E-state index in [0.29, 0.717) is 33.3 Å². The highest BCUT2D eigenvalue weighted by Gasteiger charge is 2.19. The largest absolute Gasteiger partial charge is 0.478 e. The van der Waals surface area contributed by atoms with Crippen LogP contribution in [-0.4, -0.2) is 29.4 Å². The molecule has 4 aromatic rings. The summed E-state index contributed by atoms with van der Waals surface area (Å²) in [4.78, 5) is 48.7. The Balaban J connectivity index is 1.67. The van der Waals surface area contributed by atoms with E-state index in [-0.39, 0.29) is 28.9 Å². The number of fused-ring (bicyclic) bond motifs is 1. The highest BCUT2D eigenvalue weighted by Crippen LogP contribution is 2.31. The van der Waals surface area contributed by atoms with Crippen molar-refractivity contribution >= 4 is 46.4 Å². The molecule has 4 aromatic carbocycles. The van der Waals surface area contributed by atoms with E-state index in [1.165, 1.54) is 30.3 Å². The van der Waals surface area contributed by atoms with E-state index < -0.39 is 17.8 Å². The molecule has 0 unspecified atom stereocenters. The maximum absolute atomic E-state index is 13.1. The summed E-state index contributed by atoms with van der Waals surface area (Å²) in [6.45, 7) is 0.204. The van der Waals surface area contributed by atoms with Crippen molar-refractivity contribution < 1.29 is 29.0 Å². The number of terminal acetylenes is 2. The van der Waals surface area contributed by atoms with Gasteiger partial charge in [0.1, 0.15) is 5.75 Å². The molecule has 0 aliphatic heterocycles. The van der Waals surface area contributed by atoms with Crippen LogP contribution in [0.25, 0.3) is 10.8 Å².